The molecule has 1 atom stereocenters. The summed E-state index contributed by atoms with van der Waals surface area (Å²) in [7, 11) is 0. The zero-order chi connectivity index (χ0) is 17.6. The maximum absolute atomic E-state index is 12.7. The molecule has 128 valence electrons. The second-order valence-corrected chi connectivity index (χ2v) is 7.24. The third-order valence-electron chi connectivity index (χ3n) is 4.27. The number of nitrogens with zero attached hydrogens (tertiary/aromatic N) is 2. The highest BCUT2D eigenvalue weighted by Crippen LogP contribution is 2.36. The standard InChI is InChI=1S/C15H17N3O5S/c1-7-2-3-8-9(4-7)24-14-12(8)13(22)17(6-11(20)21)15(23)18(14)5-10(16)19/h7H,2-6H2,1H3,(H2,16,19)(H,20,21)/t7-/m1/s1. The molecule has 2 aromatic heterocycles. The summed E-state index contributed by atoms with van der Waals surface area (Å²) in [6, 6.07) is 0. The average Bonchev–Trinajstić information content (AvgIpc) is 2.85. The Hall–Kier alpha value is -2.42. The molecule has 8 nitrogen and oxygen atoms in total. The fourth-order valence-corrected chi connectivity index (χ4v) is 4.67. The molecule has 2 aromatic rings. The van der Waals surface area contributed by atoms with Crippen LogP contribution in [0.3, 0.4) is 0 Å². The van der Waals surface area contributed by atoms with Crippen LogP contribution >= 0.6 is 11.3 Å². The van der Waals surface area contributed by atoms with E-state index >= 15 is 0 Å². The van der Waals surface area contributed by atoms with Crippen molar-refractivity contribution in [3.05, 3.63) is 31.3 Å². The number of aromatic nitrogens is 2. The average molecular weight is 351 g/mol. The van der Waals surface area contributed by atoms with Crippen molar-refractivity contribution in [3.63, 3.8) is 0 Å². The minimum absolute atomic E-state index is 0.351. The molecule has 0 aliphatic heterocycles. The van der Waals surface area contributed by atoms with E-state index in [-0.39, 0.29) is 6.54 Å². The topological polar surface area (TPSA) is 124 Å². The van der Waals surface area contributed by atoms with E-state index in [0.29, 0.717) is 27.1 Å². The van der Waals surface area contributed by atoms with Crippen molar-refractivity contribution >= 4 is 33.4 Å². The number of primary amides is 1. The Kier molecular flexibility index (Phi) is 4.04. The van der Waals surface area contributed by atoms with Crippen LogP contribution in [0.4, 0.5) is 0 Å². The van der Waals surface area contributed by atoms with E-state index < -0.39 is 29.7 Å². The molecule has 9 heteroatoms. The molecule has 1 amide bonds. The number of carboxylic acid groups (broad SMARTS) is 1. The third kappa shape index (κ3) is 2.64. The second kappa shape index (κ2) is 5.90. The molecule has 3 rings (SSSR count). The Morgan fingerprint density at radius 1 is 1.29 bits per heavy atom. The van der Waals surface area contributed by atoms with E-state index in [9.17, 15) is 19.2 Å². The van der Waals surface area contributed by atoms with Gasteiger partial charge in [0.05, 0.1) is 5.39 Å². The summed E-state index contributed by atoms with van der Waals surface area (Å²) in [5.74, 6) is -1.54. The van der Waals surface area contributed by atoms with E-state index in [1.165, 1.54) is 11.3 Å². The highest BCUT2D eigenvalue weighted by Gasteiger charge is 2.26. The Morgan fingerprint density at radius 3 is 2.62 bits per heavy atom. The van der Waals surface area contributed by atoms with Crippen LogP contribution in [0.1, 0.15) is 23.8 Å². The smallest absolute Gasteiger partial charge is 0.333 e. The van der Waals surface area contributed by atoms with Gasteiger partial charge in [0.15, 0.2) is 0 Å². The summed E-state index contributed by atoms with van der Waals surface area (Å²) in [5, 5.41) is 9.34. The molecule has 1 aliphatic carbocycles. The van der Waals surface area contributed by atoms with Gasteiger partial charge in [0.1, 0.15) is 17.9 Å². The van der Waals surface area contributed by atoms with Crippen LogP contribution in [0.2, 0.25) is 0 Å². The fraction of sp³-hybridized carbons (Fsp3) is 0.467. The van der Waals surface area contributed by atoms with Gasteiger partial charge < -0.3 is 10.8 Å². The van der Waals surface area contributed by atoms with Gasteiger partial charge in [-0.15, -0.1) is 11.3 Å². The molecule has 0 fully saturated rings. The molecule has 0 aromatic carbocycles. The Balaban J connectivity index is 2.38. The predicted octanol–water partition coefficient (Wildman–Crippen LogP) is -0.0806. The lowest BCUT2D eigenvalue weighted by molar-refractivity contribution is -0.137. The lowest BCUT2D eigenvalue weighted by Crippen LogP contribution is -2.43. The number of carboxylic acids is 1. The lowest BCUT2D eigenvalue weighted by Gasteiger charge is -2.17. The molecule has 3 N–H and O–H groups in total. The van der Waals surface area contributed by atoms with Gasteiger partial charge in [0.25, 0.3) is 5.56 Å². The van der Waals surface area contributed by atoms with Crippen LogP contribution in [0.25, 0.3) is 10.2 Å². The maximum atomic E-state index is 12.7. The molecule has 0 radical (unpaired) electrons. The van der Waals surface area contributed by atoms with Crippen LogP contribution in [-0.4, -0.2) is 26.1 Å². The van der Waals surface area contributed by atoms with Gasteiger partial charge >= 0.3 is 11.7 Å². The molecule has 0 saturated carbocycles. The minimum atomic E-state index is -1.29. The largest absolute Gasteiger partial charge is 0.480 e. The van der Waals surface area contributed by atoms with Crippen LogP contribution in [0.5, 0.6) is 0 Å². The minimum Gasteiger partial charge on any atom is -0.480 e. The molecule has 1 aliphatic rings. The van der Waals surface area contributed by atoms with Gasteiger partial charge in [-0.25, -0.2) is 9.36 Å². The lowest BCUT2D eigenvalue weighted by atomic mass is 9.89. The predicted molar refractivity (Wildman–Crippen MR) is 88.4 cm³/mol. The van der Waals surface area contributed by atoms with Gasteiger partial charge in [-0.1, -0.05) is 6.92 Å². The third-order valence-corrected chi connectivity index (χ3v) is 5.54. The quantitative estimate of drug-likeness (QED) is 0.797. The summed E-state index contributed by atoms with van der Waals surface area (Å²) in [6.45, 7) is 0.990. The summed E-state index contributed by atoms with van der Waals surface area (Å²) >= 11 is 1.32. The van der Waals surface area contributed by atoms with Crippen molar-refractivity contribution in [1.29, 1.82) is 0 Å². The molecular weight excluding hydrogens is 334 g/mol. The number of carbonyl (C=O) groups is 2. The highest BCUT2D eigenvalue weighted by atomic mass is 32.1. The zero-order valence-corrected chi connectivity index (χ0v) is 13.9. The number of amides is 1. The van der Waals surface area contributed by atoms with Gasteiger partial charge in [-0.3, -0.25) is 19.0 Å². The van der Waals surface area contributed by atoms with Crippen LogP contribution < -0.4 is 17.0 Å². The fourth-order valence-electron chi connectivity index (χ4n) is 3.17. The molecule has 0 spiro atoms. The highest BCUT2D eigenvalue weighted by molar-refractivity contribution is 7.18. The molecule has 0 saturated heterocycles. The first-order valence-electron chi connectivity index (χ1n) is 7.57. The Morgan fingerprint density at radius 2 is 2.00 bits per heavy atom. The molecule has 2 heterocycles. The Labute approximate surface area is 140 Å². The number of rotatable bonds is 4. The number of fused-ring (bicyclic) bond motifs is 3. The summed E-state index contributed by atoms with van der Waals surface area (Å²) in [4.78, 5) is 49.0. The van der Waals surface area contributed by atoms with Gasteiger partial charge in [-0.05, 0) is 30.7 Å². The molecule has 0 unspecified atom stereocenters. The second-order valence-electron chi connectivity index (χ2n) is 6.15. The molecular formula is C15H17N3O5S. The summed E-state index contributed by atoms with van der Waals surface area (Å²) < 4.78 is 1.79. The summed E-state index contributed by atoms with van der Waals surface area (Å²) in [5.41, 5.74) is 4.67. The van der Waals surface area contributed by atoms with Crippen molar-refractivity contribution in [3.8, 4) is 0 Å². The number of nitrogens with two attached hydrogens (primary N) is 1. The normalized spacial score (nSPS) is 17.0. The zero-order valence-electron chi connectivity index (χ0n) is 13.1. The molecule has 24 heavy (non-hydrogen) atoms. The van der Waals surface area contributed by atoms with Crippen LogP contribution in [0, 0.1) is 5.92 Å². The number of aryl methyl sites for hydroxylation is 1. The monoisotopic (exact) mass is 351 g/mol. The van der Waals surface area contributed by atoms with Gasteiger partial charge in [0, 0.05) is 4.88 Å². The van der Waals surface area contributed by atoms with Gasteiger partial charge in [-0.2, -0.15) is 0 Å². The van der Waals surface area contributed by atoms with E-state index in [1.807, 2.05) is 0 Å². The number of carbonyl (C=O) groups excluding carboxylic acids is 1. The van der Waals surface area contributed by atoms with Crippen molar-refractivity contribution in [1.82, 2.24) is 9.13 Å². The Bertz CT molecular complexity index is 968. The van der Waals surface area contributed by atoms with Crippen molar-refractivity contribution in [2.75, 3.05) is 0 Å². The number of hydrogen-bond acceptors (Lipinski definition) is 5. The van der Waals surface area contributed by atoms with Crippen molar-refractivity contribution in [2.24, 2.45) is 11.7 Å². The number of hydrogen-bond donors (Lipinski definition) is 2. The molecule has 0 bridgehead atoms. The number of aliphatic carboxylic acids is 1. The first kappa shape index (κ1) is 16.4. The van der Waals surface area contributed by atoms with Crippen molar-refractivity contribution in [2.45, 2.75) is 39.3 Å². The van der Waals surface area contributed by atoms with Crippen LogP contribution in [-0.2, 0) is 35.5 Å². The van der Waals surface area contributed by atoms with Crippen molar-refractivity contribution < 1.29 is 14.7 Å². The maximum Gasteiger partial charge on any atom is 0.333 e. The first-order valence-corrected chi connectivity index (χ1v) is 8.39. The van der Waals surface area contributed by atoms with E-state index in [1.54, 1.807) is 0 Å². The van der Waals surface area contributed by atoms with E-state index in [0.717, 1.165) is 27.8 Å². The van der Waals surface area contributed by atoms with E-state index in [4.69, 9.17) is 10.8 Å². The first-order chi connectivity index (χ1) is 11.3. The van der Waals surface area contributed by atoms with Gasteiger partial charge in [0.2, 0.25) is 5.91 Å². The summed E-state index contributed by atoms with van der Waals surface area (Å²) in [6.07, 6.45) is 2.43. The van der Waals surface area contributed by atoms with E-state index in [2.05, 4.69) is 6.92 Å². The van der Waals surface area contributed by atoms with Crippen LogP contribution in [0.15, 0.2) is 9.59 Å². The number of thiophene rings is 1. The SMILES string of the molecule is C[C@@H]1CCc2c(sc3c2c(=O)n(CC(=O)O)c(=O)n3CC(N)=O)C1.